The summed E-state index contributed by atoms with van der Waals surface area (Å²) in [6, 6.07) is 0. The van der Waals surface area contributed by atoms with E-state index in [0.717, 1.165) is 5.33 Å². The number of halogens is 1. The van der Waals surface area contributed by atoms with Crippen molar-refractivity contribution in [1.82, 2.24) is 4.90 Å². The van der Waals surface area contributed by atoms with Crippen molar-refractivity contribution >= 4 is 27.7 Å². The van der Waals surface area contributed by atoms with Crippen molar-refractivity contribution in [3.05, 3.63) is 0 Å². The minimum absolute atomic E-state index is 0.0322. The van der Waals surface area contributed by atoms with Gasteiger partial charge in [-0.3, -0.25) is 14.5 Å². The van der Waals surface area contributed by atoms with Gasteiger partial charge in [0.1, 0.15) is 0 Å². The molecule has 1 saturated heterocycles. The highest BCUT2D eigenvalue weighted by atomic mass is 79.9. The van der Waals surface area contributed by atoms with Gasteiger partial charge in [-0.1, -0.05) is 43.6 Å². The lowest BCUT2D eigenvalue weighted by atomic mass is 9.81. The smallest absolute Gasteiger partial charge is 0.229 e. The maximum atomic E-state index is 11.9. The van der Waals surface area contributed by atoms with Gasteiger partial charge < -0.3 is 0 Å². The van der Waals surface area contributed by atoms with Gasteiger partial charge in [-0.15, -0.1) is 0 Å². The number of imide groups is 1. The highest BCUT2D eigenvalue weighted by Crippen LogP contribution is 2.33. The highest BCUT2D eigenvalue weighted by Gasteiger charge is 2.39. The van der Waals surface area contributed by atoms with E-state index in [4.69, 9.17) is 0 Å². The molecule has 92 valence electrons. The summed E-state index contributed by atoms with van der Waals surface area (Å²) in [4.78, 5) is 25.2. The summed E-state index contributed by atoms with van der Waals surface area (Å²) in [5.41, 5.74) is -0.240. The van der Waals surface area contributed by atoms with Crippen LogP contribution in [0.25, 0.3) is 0 Å². The van der Waals surface area contributed by atoms with Crippen LogP contribution in [0, 0.1) is 10.8 Å². The third kappa shape index (κ3) is 3.30. The zero-order valence-electron chi connectivity index (χ0n) is 10.5. The third-order valence-electron chi connectivity index (χ3n) is 2.81. The molecular weight excluding hydrogens is 270 g/mol. The molecule has 0 N–H and O–H groups in total. The van der Waals surface area contributed by atoms with Gasteiger partial charge in [0.2, 0.25) is 11.8 Å². The van der Waals surface area contributed by atoms with Gasteiger partial charge in [-0.25, -0.2) is 0 Å². The fraction of sp³-hybridized carbons (Fsp3) is 0.833. The van der Waals surface area contributed by atoms with E-state index in [2.05, 4.69) is 15.9 Å². The van der Waals surface area contributed by atoms with Gasteiger partial charge in [0.25, 0.3) is 0 Å². The highest BCUT2D eigenvalue weighted by molar-refractivity contribution is 9.09. The van der Waals surface area contributed by atoms with Gasteiger partial charge in [0.15, 0.2) is 0 Å². The van der Waals surface area contributed by atoms with E-state index in [1.165, 1.54) is 4.90 Å². The topological polar surface area (TPSA) is 37.4 Å². The first kappa shape index (κ1) is 13.7. The lowest BCUT2D eigenvalue weighted by Crippen LogP contribution is -2.49. The van der Waals surface area contributed by atoms with Crippen molar-refractivity contribution in [2.24, 2.45) is 10.8 Å². The van der Waals surface area contributed by atoms with Gasteiger partial charge in [-0.05, 0) is 10.8 Å². The quantitative estimate of drug-likeness (QED) is 0.592. The number of piperidine rings is 1. The predicted molar refractivity (Wildman–Crippen MR) is 67.3 cm³/mol. The Morgan fingerprint density at radius 3 is 2.06 bits per heavy atom. The van der Waals surface area contributed by atoms with E-state index in [-0.39, 0.29) is 22.6 Å². The molecule has 1 fully saturated rings. The normalized spacial score (nSPS) is 21.4. The Kier molecular flexibility index (Phi) is 3.83. The summed E-state index contributed by atoms with van der Waals surface area (Å²) in [5, 5.41) is 0.778. The molecule has 1 aliphatic heterocycles. The van der Waals surface area contributed by atoms with Crippen molar-refractivity contribution in [3.63, 3.8) is 0 Å². The third-order valence-corrected chi connectivity index (χ3v) is 4.33. The molecule has 0 aliphatic carbocycles. The number of alkyl halides is 1. The maximum absolute atomic E-state index is 11.9. The summed E-state index contributed by atoms with van der Waals surface area (Å²) in [6.45, 7) is 8.53. The molecule has 0 saturated carbocycles. The molecule has 2 amide bonds. The van der Waals surface area contributed by atoms with Crippen molar-refractivity contribution in [2.45, 2.75) is 40.5 Å². The molecule has 0 unspecified atom stereocenters. The van der Waals surface area contributed by atoms with E-state index >= 15 is 0 Å². The first-order valence-corrected chi connectivity index (χ1v) is 6.68. The van der Waals surface area contributed by atoms with Gasteiger partial charge in [0, 0.05) is 24.7 Å². The fourth-order valence-electron chi connectivity index (χ4n) is 1.86. The molecule has 0 spiro atoms. The minimum Gasteiger partial charge on any atom is -0.282 e. The van der Waals surface area contributed by atoms with E-state index in [9.17, 15) is 9.59 Å². The molecule has 0 aromatic carbocycles. The van der Waals surface area contributed by atoms with Crippen LogP contribution in [-0.2, 0) is 9.59 Å². The van der Waals surface area contributed by atoms with Crippen LogP contribution in [0.3, 0.4) is 0 Å². The minimum atomic E-state index is -0.177. The standard InChI is InChI=1S/C12H20BrNO2/c1-11(2)5-9(15)14(10(16)6-11)8-12(3,4)7-13/h5-8H2,1-4H3. The average Bonchev–Trinajstić information content (AvgIpc) is 2.10. The Hall–Kier alpha value is -0.380. The maximum Gasteiger partial charge on any atom is 0.229 e. The number of amides is 2. The van der Waals surface area contributed by atoms with Gasteiger partial charge in [0.05, 0.1) is 0 Å². The molecule has 1 aliphatic rings. The fourth-order valence-corrected chi connectivity index (χ4v) is 2.04. The second-order valence-corrected chi connectivity index (χ2v) is 6.75. The van der Waals surface area contributed by atoms with Crippen molar-refractivity contribution < 1.29 is 9.59 Å². The number of hydrogen-bond acceptors (Lipinski definition) is 2. The number of hydrogen-bond donors (Lipinski definition) is 0. The van der Waals surface area contributed by atoms with Crippen LogP contribution in [-0.4, -0.2) is 28.6 Å². The molecule has 16 heavy (non-hydrogen) atoms. The largest absolute Gasteiger partial charge is 0.282 e. The zero-order chi connectivity index (χ0) is 12.6. The van der Waals surface area contributed by atoms with Crippen molar-refractivity contribution in [2.75, 3.05) is 11.9 Å². The molecule has 4 heteroatoms. The van der Waals surface area contributed by atoms with Crippen molar-refractivity contribution in [1.29, 1.82) is 0 Å². The molecule has 1 rings (SSSR count). The zero-order valence-corrected chi connectivity index (χ0v) is 12.1. The van der Waals surface area contributed by atoms with Gasteiger partial charge in [-0.2, -0.15) is 0 Å². The Morgan fingerprint density at radius 2 is 1.69 bits per heavy atom. The summed E-state index contributed by atoms with van der Waals surface area (Å²) in [5.74, 6) is -0.0643. The van der Waals surface area contributed by atoms with Crippen LogP contribution in [0.15, 0.2) is 0 Å². The van der Waals surface area contributed by atoms with Crippen LogP contribution >= 0.6 is 15.9 Å². The average molecular weight is 290 g/mol. The van der Waals surface area contributed by atoms with E-state index in [0.29, 0.717) is 19.4 Å². The number of rotatable bonds is 3. The van der Waals surface area contributed by atoms with Crippen LogP contribution in [0.2, 0.25) is 0 Å². The Bertz CT molecular complexity index is 290. The molecule has 0 bridgehead atoms. The second kappa shape index (κ2) is 4.47. The predicted octanol–water partition coefficient (Wildman–Crippen LogP) is 2.58. The number of likely N-dealkylation sites (tertiary alicyclic amines) is 1. The lowest BCUT2D eigenvalue weighted by Gasteiger charge is -2.38. The van der Waals surface area contributed by atoms with Crippen LogP contribution in [0.4, 0.5) is 0 Å². The summed E-state index contributed by atoms with van der Waals surface area (Å²) >= 11 is 3.41. The lowest BCUT2D eigenvalue weighted by molar-refractivity contribution is -0.153. The summed E-state index contributed by atoms with van der Waals surface area (Å²) < 4.78 is 0. The van der Waals surface area contributed by atoms with Crippen LogP contribution in [0.5, 0.6) is 0 Å². The summed E-state index contributed by atoms with van der Waals surface area (Å²) in [7, 11) is 0. The monoisotopic (exact) mass is 289 g/mol. The molecule has 1 heterocycles. The molecule has 0 aromatic heterocycles. The van der Waals surface area contributed by atoms with Crippen molar-refractivity contribution in [3.8, 4) is 0 Å². The SMILES string of the molecule is CC1(C)CC(=O)N(CC(C)(C)CBr)C(=O)C1. The van der Waals surface area contributed by atoms with E-state index in [1.54, 1.807) is 0 Å². The number of nitrogens with zero attached hydrogens (tertiary/aromatic N) is 1. The van der Waals surface area contributed by atoms with Crippen LogP contribution in [0.1, 0.15) is 40.5 Å². The van der Waals surface area contributed by atoms with E-state index in [1.807, 2.05) is 27.7 Å². The second-order valence-electron chi connectivity index (χ2n) is 6.19. The number of carbonyl (C=O) groups is 2. The first-order valence-electron chi connectivity index (χ1n) is 5.56. The van der Waals surface area contributed by atoms with Gasteiger partial charge >= 0.3 is 0 Å². The Morgan fingerprint density at radius 1 is 1.25 bits per heavy atom. The molecule has 0 radical (unpaired) electrons. The van der Waals surface area contributed by atoms with E-state index < -0.39 is 0 Å². The Labute approximate surface area is 106 Å². The molecular formula is C12H20BrNO2. The molecule has 0 aromatic rings. The number of carbonyl (C=O) groups excluding carboxylic acids is 2. The molecule has 3 nitrogen and oxygen atoms in total. The molecule has 0 atom stereocenters. The summed E-state index contributed by atoms with van der Waals surface area (Å²) in [6.07, 6.45) is 0.939. The van der Waals surface area contributed by atoms with Crippen LogP contribution < -0.4 is 0 Å². The Balaban J connectivity index is 2.76. The first-order chi connectivity index (χ1) is 7.17.